The molecule has 0 unspecified atom stereocenters. The predicted molar refractivity (Wildman–Crippen MR) is 248 cm³/mol. The van der Waals surface area contributed by atoms with Gasteiger partial charge >= 0.3 is 0 Å². The van der Waals surface area contributed by atoms with Crippen LogP contribution in [0.15, 0.2) is 134 Å². The first kappa shape index (κ1) is 41.2. The van der Waals surface area contributed by atoms with Crippen molar-refractivity contribution in [3.63, 3.8) is 0 Å². The van der Waals surface area contributed by atoms with Crippen LogP contribution in [0.4, 0.5) is 0 Å². The molecular formula is C52H49IrN3SSi-2. The summed E-state index contributed by atoms with van der Waals surface area (Å²) in [5.74, 6) is 1.60. The average Bonchev–Trinajstić information content (AvgIpc) is 3.78. The van der Waals surface area contributed by atoms with E-state index < -0.39 is 8.07 Å². The fourth-order valence-corrected chi connectivity index (χ4v) is 10.6. The summed E-state index contributed by atoms with van der Waals surface area (Å²) in [6.07, 6.45) is 3.24. The quantitative estimate of drug-likeness (QED) is 0.118. The Bertz CT molecular complexity index is 2840. The third-order valence-corrected chi connectivity index (χ3v) is 13.7. The Morgan fingerprint density at radius 3 is 2.17 bits per heavy atom. The number of para-hydroxylation sites is 2. The molecule has 0 saturated carbocycles. The largest absolute Gasteiger partial charge is 0.333 e. The van der Waals surface area contributed by atoms with Crippen molar-refractivity contribution >= 4 is 56.5 Å². The summed E-state index contributed by atoms with van der Waals surface area (Å²) < 4.78 is 3.55. The maximum Gasteiger partial charge on any atom is 0.0798 e. The van der Waals surface area contributed by atoms with E-state index in [1.165, 1.54) is 59.4 Å². The molecule has 9 aromatic rings. The maximum atomic E-state index is 5.16. The Morgan fingerprint density at radius 2 is 1.47 bits per heavy atom. The van der Waals surface area contributed by atoms with E-state index >= 15 is 0 Å². The molecule has 6 heteroatoms. The molecule has 3 aromatic heterocycles. The summed E-state index contributed by atoms with van der Waals surface area (Å²) in [5, 5.41) is 8.87. The van der Waals surface area contributed by atoms with Crippen LogP contribution in [0.1, 0.15) is 36.1 Å². The molecule has 0 N–H and O–H groups in total. The normalized spacial score (nSPS) is 11.5. The van der Waals surface area contributed by atoms with Gasteiger partial charge in [-0.05, 0) is 107 Å². The number of pyridine rings is 1. The van der Waals surface area contributed by atoms with E-state index in [1.807, 2.05) is 18.2 Å². The molecule has 0 saturated heterocycles. The second-order valence-electron chi connectivity index (χ2n) is 16.7. The van der Waals surface area contributed by atoms with Gasteiger partial charge in [0.15, 0.2) is 0 Å². The Balaban J connectivity index is 0.000000208. The third kappa shape index (κ3) is 8.30. The number of hydrogen-bond donors (Lipinski definition) is 0. The van der Waals surface area contributed by atoms with E-state index in [-0.39, 0.29) is 20.1 Å². The van der Waals surface area contributed by atoms with Crippen molar-refractivity contribution < 1.29 is 20.1 Å². The van der Waals surface area contributed by atoms with Crippen LogP contribution in [-0.2, 0) is 26.5 Å². The summed E-state index contributed by atoms with van der Waals surface area (Å²) in [7, 11) is -1.34. The van der Waals surface area contributed by atoms with Crippen molar-refractivity contribution in [1.82, 2.24) is 14.5 Å². The Hall–Kier alpha value is -4.97. The van der Waals surface area contributed by atoms with Crippen LogP contribution in [-0.4, -0.2) is 22.6 Å². The second kappa shape index (κ2) is 17.1. The predicted octanol–water partition coefficient (Wildman–Crippen LogP) is 13.7. The van der Waals surface area contributed by atoms with Crippen LogP contribution in [0.25, 0.3) is 71.4 Å². The molecule has 0 bridgehead atoms. The van der Waals surface area contributed by atoms with Crippen molar-refractivity contribution in [2.24, 2.45) is 5.92 Å². The van der Waals surface area contributed by atoms with Crippen LogP contribution >= 0.6 is 11.3 Å². The van der Waals surface area contributed by atoms with Crippen molar-refractivity contribution in [3.8, 4) is 39.5 Å². The summed E-state index contributed by atoms with van der Waals surface area (Å²) in [5.41, 5.74) is 14.2. The zero-order chi connectivity index (χ0) is 39.8. The molecule has 293 valence electrons. The number of fused-ring (bicyclic) bond motifs is 3. The van der Waals surface area contributed by atoms with Gasteiger partial charge in [0.25, 0.3) is 0 Å². The van der Waals surface area contributed by atoms with Gasteiger partial charge in [-0.3, -0.25) is 16.3 Å². The average molecular weight is 968 g/mol. The monoisotopic (exact) mass is 968 g/mol. The van der Waals surface area contributed by atoms with Gasteiger partial charge in [-0.1, -0.05) is 134 Å². The molecule has 0 fully saturated rings. The molecule has 3 heterocycles. The van der Waals surface area contributed by atoms with Crippen molar-refractivity contribution in [2.75, 3.05) is 0 Å². The van der Waals surface area contributed by atoms with Crippen molar-refractivity contribution in [3.05, 3.63) is 167 Å². The summed E-state index contributed by atoms with van der Waals surface area (Å²) in [4.78, 5) is 9.84. The summed E-state index contributed by atoms with van der Waals surface area (Å²) in [6, 6.07) is 48.4. The molecule has 0 aliphatic rings. The van der Waals surface area contributed by atoms with E-state index in [0.29, 0.717) is 5.92 Å². The van der Waals surface area contributed by atoms with Gasteiger partial charge in [-0.15, -0.1) is 41.3 Å². The Morgan fingerprint density at radius 1 is 0.741 bits per heavy atom. The Labute approximate surface area is 362 Å². The molecule has 0 amide bonds. The number of aromatic nitrogens is 3. The fourth-order valence-electron chi connectivity index (χ4n) is 8.13. The number of rotatable bonds is 7. The van der Waals surface area contributed by atoms with Crippen LogP contribution in [0.2, 0.25) is 19.6 Å². The number of hydrogen-bond acceptors (Lipinski definition) is 3. The molecule has 0 atom stereocenters. The minimum Gasteiger partial charge on any atom is -0.333 e. The van der Waals surface area contributed by atoms with E-state index in [0.717, 1.165) is 45.8 Å². The standard InChI is InChI=1S/C34H25N2S.C18H24NSi.Ir/c1-21-10-9-13-25-18-28-29(20-37-32(28)19-27(21)25)34-35-30-14-7-8-15-31(30)36(34)26-16-22(2)33(23(3)17-26)24-11-5-4-6-12-24;1-14(2)11-16-12-17(15-9-7-6-8-10-15)19-13-18(16)20(3,4)5;/h4-19H,1-3H3;6-9,12-14H,11H2,1-5H3;/q2*-1;. The summed E-state index contributed by atoms with van der Waals surface area (Å²) >= 11 is 1.67. The fraction of sp³-hybridized carbons (Fsp3) is 0.192. The molecule has 1 radical (unpaired) electrons. The van der Waals surface area contributed by atoms with E-state index in [9.17, 15) is 0 Å². The number of benzene rings is 6. The van der Waals surface area contributed by atoms with Gasteiger partial charge in [-0.2, -0.15) is 0 Å². The number of aryl methyl sites for hydroxylation is 3. The van der Waals surface area contributed by atoms with Crippen LogP contribution in [0, 0.1) is 38.1 Å². The van der Waals surface area contributed by atoms with Gasteiger partial charge in [0.05, 0.1) is 24.9 Å². The first-order valence-corrected chi connectivity index (χ1v) is 24.2. The molecular weight excluding hydrogens is 919 g/mol. The van der Waals surface area contributed by atoms with Gasteiger partial charge in [0.1, 0.15) is 0 Å². The smallest absolute Gasteiger partial charge is 0.0798 e. The zero-order valence-corrected chi connectivity index (χ0v) is 38.8. The van der Waals surface area contributed by atoms with E-state index in [4.69, 9.17) is 4.98 Å². The van der Waals surface area contributed by atoms with Gasteiger partial charge in [-0.25, -0.2) is 0 Å². The first-order chi connectivity index (χ1) is 27.5. The van der Waals surface area contributed by atoms with Crippen molar-refractivity contribution in [2.45, 2.75) is 60.7 Å². The molecule has 6 aromatic carbocycles. The van der Waals surface area contributed by atoms with Crippen LogP contribution in [0.5, 0.6) is 0 Å². The first-order valence-electron chi connectivity index (χ1n) is 19.9. The number of imidazole rings is 1. The topological polar surface area (TPSA) is 30.7 Å². The number of thiophene rings is 1. The molecule has 58 heavy (non-hydrogen) atoms. The molecule has 0 spiro atoms. The van der Waals surface area contributed by atoms with Gasteiger partial charge in [0.2, 0.25) is 0 Å². The number of nitrogens with zero attached hydrogens (tertiary/aromatic N) is 3. The second-order valence-corrected chi connectivity index (χ2v) is 22.5. The van der Waals surface area contributed by atoms with Crippen LogP contribution < -0.4 is 5.19 Å². The molecule has 0 aliphatic heterocycles. The Kier molecular flexibility index (Phi) is 12.1. The van der Waals surface area contributed by atoms with E-state index in [1.54, 1.807) is 11.3 Å². The zero-order valence-electron chi connectivity index (χ0n) is 34.6. The van der Waals surface area contributed by atoms with Gasteiger partial charge in [0, 0.05) is 32.0 Å². The van der Waals surface area contributed by atoms with E-state index in [2.05, 4.69) is 191 Å². The minimum atomic E-state index is -1.34. The molecule has 0 aliphatic carbocycles. The van der Waals surface area contributed by atoms with Gasteiger partial charge < -0.3 is 9.55 Å². The van der Waals surface area contributed by atoms with Crippen LogP contribution in [0.3, 0.4) is 0 Å². The third-order valence-electron chi connectivity index (χ3n) is 10.8. The SMILES string of the molecule is CC(C)Cc1cc(-c2[c-]cccc2)ncc1[Si](C)(C)C.Cc1cc(-n2c(-c3[c-]sc4cc5c(C)cccc5cc34)nc3ccccc32)cc(C)c1-c1ccccc1.[Ir]. The molecule has 3 nitrogen and oxygen atoms in total. The summed E-state index contributed by atoms with van der Waals surface area (Å²) in [6.45, 7) is 18.3. The molecule has 9 rings (SSSR count). The van der Waals surface area contributed by atoms with Crippen molar-refractivity contribution in [1.29, 1.82) is 0 Å². The maximum absolute atomic E-state index is 5.16. The minimum absolute atomic E-state index is 0.